The first-order chi connectivity index (χ1) is 7.35. The van der Waals surface area contributed by atoms with E-state index in [4.69, 9.17) is 5.73 Å². The van der Waals surface area contributed by atoms with Gasteiger partial charge < -0.3 is 11.1 Å². The number of nitrogens with one attached hydrogen (secondary N) is 1. The van der Waals surface area contributed by atoms with E-state index in [0.29, 0.717) is 12.5 Å². The van der Waals surface area contributed by atoms with Crippen LogP contribution >= 0.6 is 0 Å². The largest absolute Gasteiger partial charge is 0.381 e. The predicted octanol–water partition coefficient (Wildman–Crippen LogP) is 1.29. The SMILES string of the molecule is CCc1ncc(NCCN)c(C2CC2)n1. The Morgan fingerprint density at radius 3 is 2.93 bits per heavy atom. The van der Waals surface area contributed by atoms with E-state index in [1.54, 1.807) is 0 Å². The molecule has 1 heterocycles. The third-order valence-electron chi connectivity index (χ3n) is 2.61. The molecule has 1 aliphatic carbocycles. The second-order valence-corrected chi connectivity index (χ2v) is 3.93. The Balaban J connectivity index is 2.19. The van der Waals surface area contributed by atoms with Crippen molar-refractivity contribution >= 4 is 5.69 Å². The Kier molecular flexibility index (Phi) is 3.16. The maximum atomic E-state index is 5.47. The summed E-state index contributed by atoms with van der Waals surface area (Å²) in [7, 11) is 0. The Hall–Kier alpha value is -1.16. The first kappa shape index (κ1) is 10.4. The lowest BCUT2D eigenvalue weighted by molar-refractivity contribution is 0.877. The van der Waals surface area contributed by atoms with Crippen molar-refractivity contribution in [3.8, 4) is 0 Å². The molecule has 1 fully saturated rings. The Bertz CT molecular complexity index is 333. The minimum Gasteiger partial charge on any atom is -0.381 e. The smallest absolute Gasteiger partial charge is 0.128 e. The van der Waals surface area contributed by atoms with Gasteiger partial charge in [-0.1, -0.05) is 6.92 Å². The van der Waals surface area contributed by atoms with Crippen LogP contribution in [0, 0.1) is 0 Å². The molecule has 4 nitrogen and oxygen atoms in total. The van der Waals surface area contributed by atoms with E-state index < -0.39 is 0 Å². The molecule has 0 radical (unpaired) electrons. The zero-order valence-corrected chi connectivity index (χ0v) is 9.16. The molecule has 15 heavy (non-hydrogen) atoms. The zero-order chi connectivity index (χ0) is 10.7. The van der Waals surface area contributed by atoms with Crippen molar-refractivity contribution in [2.45, 2.75) is 32.1 Å². The minimum atomic E-state index is 0.639. The lowest BCUT2D eigenvalue weighted by Crippen LogP contribution is -2.15. The first-order valence-corrected chi connectivity index (χ1v) is 5.65. The van der Waals surface area contributed by atoms with E-state index >= 15 is 0 Å². The second-order valence-electron chi connectivity index (χ2n) is 3.93. The number of nitrogens with two attached hydrogens (primary N) is 1. The van der Waals surface area contributed by atoms with E-state index in [2.05, 4.69) is 22.2 Å². The fourth-order valence-corrected chi connectivity index (χ4v) is 1.61. The number of nitrogens with zero attached hydrogens (tertiary/aromatic N) is 2. The topological polar surface area (TPSA) is 63.8 Å². The number of aromatic nitrogens is 2. The molecule has 0 aromatic carbocycles. The van der Waals surface area contributed by atoms with E-state index in [9.17, 15) is 0 Å². The molecular formula is C11H18N4. The summed E-state index contributed by atoms with van der Waals surface area (Å²) in [5, 5.41) is 3.29. The molecule has 1 aliphatic rings. The molecule has 4 heteroatoms. The van der Waals surface area contributed by atoms with Gasteiger partial charge in [0.25, 0.3) is 0 Å². The van der Waals surface area contributed by atoms with Crippen LogP contribution in [0.1, 0.15) is 37.2 Å². The summed E-state index contributed by atoms with van der Waals surface area (Å²) in [4.78, 5) is 8.90. The van der Waals surface area contributed by atoms with Gasteiger partial charge in [0.05, 0.1) is 17.6 Å². The van der Waals surface area contributed by atoms with Crippen LogP contribution in [0.3, 0.4) is 0 Å². The van der Waals surface area contributed by atoms with Gasteiger partial charge in [-0.05, 0) is 12.8 Å². The molecule has 0 unspecified atom stereocenters. The summed E-state index contributed by atoms with van der Waals surface area (Å²) in [6.07, 6.45) is 5.32. The summed E-state index contributed by atoms with van der Waals surface area (Å²) < 4.78 is 0. The Morgan fingerprint density at radius 1 is 1.53 bits per heavy atom. The van der Waals surface area contributed by atoms with E-state index in [0.717, 1.165) is 24.5 Å². The van der Waals surface area contributed by atoms with E-state index in [-0.39, 0.29) is 0 Å². The molecule has 0 saturated heterocycles. The summed E-state index contributed by atoms with van der Waals surface area (Å²) in [5.74, 6) is 1.59. The minimum absolute atomic E-state index is 0.639. The number of aryl methyl sites for hydroxylation is 1. The number of rotatable bonds is 5. The zero-order valence-electron chi connectivity index (χ0n) is 9.16. The van der Waals surface area contributed by atoms with Crippen molar-refractivity contribution in [3.63, 3.8) is 0 Å². The highest BCUT2D eigenvalue weighted by Crippen LogP contribution is 2.42. The molecule has 0 aliphatic heterocycles. The number of hydrogen-bond acceptors (Lipinski definition) is 4. The molecule has 0 spiro atoms. The molecule has 0 bridgehead atoms. The van der Waals surface area contributed by atoms with Gasteiger partial charge in [-0.3, -0.25) is 0 Å². The van der Waals surface area contributed by atoms with Gasteiger partial charge in [-0.2, -0.15) is 0 Å². The summed E-state index contributed by atoms with van der Waals surface area (Å²) in [5.41, 5.74) is 7.73. The Morgan fingerprint density at radius 2 is 2.33 bits per heavy atom. The fourth-order valence-electron chi connectivity index (χ4n) is 1.61. The standard InChI is InChI=1S/C11H18N4/c1-2-10-14-7-9(13-6-5-12)11(15-10)8-3-4-8/h7-8,13H,2-6,12H2,1H3. The molecule has 1 aromatic heterocycles. The van der Waals surface area contributed by atoms with Crippen LogP contribution in [0.25, 0.3) is 0 Å². The molecule has 1 saturated carbocycles. The second kappa shape index (κ2) is 4.57. The molecular weight excluding hydrogens is 188 g/mol. The normalized spacial score (nSPS) is 15.3. The van der Waals surface area contributed by atoms with E-state index in [1.807, 2.05) is 6.20 Å². The highest BCUT2D eigenvalue weighted by Gasteiger charge is 2.28. The summed E-state index contributed by atoms with van der Waals surface area (Å²) in [6, 6.07) is 0. The highest BCUT2D eigenvalue weighted by molar-refractivity contribution is 5.49. The predicted molar refractivity (Wildman–Crippen MR) is 60.9 cm³/mol. The van der Waals surface area contributed by atoms with Crippen molar-refractivity contribution in [2.75, 3.05) is 18.4 Å². The first-order valence-electron chi connectivity index (χ1n) is 5.65. The van der Waals surface area contributed by atoms with Crippen molar-refractivity contribution in [1.29, 1.82) is 0 Å². The van der Waals surface area contributed by atoms with Crippen LogP contribution in [-0.4, -0.2) is 23.1 Å². The van der Waals surface area contributed by atoms with Gasteiger partial charge in [-0.15, -0.1) is 0 Å². The van der Waals surface area contributed by atoms with Crippen LogP contribution in [0.15, 0.2) is 6.20 Å². The van der Waals surface area contributed by atoms with Crippen LogP contribution in [0.5, 0.6) is 0 Å². The molecule has 2 rings (SSSR count). The molecule has 82 valence electrons. The average Bonchev–Trinajstić information content (AvgIpc) is 3.10. The van der Waals surface area contributed by atoms with Gasteiger partial charge in [-0.25, -0.2) is 9.97 Å². The van der Waals surface area contributed by atoms with Crippen LogP contribution in [0.4, 0.5) is 5.69 Å². The third kappa shape index (κ3) is 2.45. The summed E-state index contributed by atoms with van der Waals surface area (Å²) in [6.45, 7) is 3.51. The number of hydrogen-bond donors (Lipinski definition) is 2. The Labute approximate surface area is 90.3 Å². The van der Waals surface area contributed by atoms with Crippen LogP contribution in [0.2, 0.25) is 0 Å². The molecule has 3 N–H and O–H groups in total. The molecule has 1 aromatic rings. The van der Waals surface area contributed by atoms with Crippen molar-refractivity contribution in [3.05, 3.63) is 17.7 Å². The molecule has 0 amide bonds. The lowest BCUT2D eigenvalue weighted by Gasteiger charge is -2.10. The maximum Gasteiger partial charge on any atom is 0.128 e. The van der Waals surface area contributed by atoms with Crippen LogP contribution in [-0.2, 0) is 6.42 Å². The van der Waals surface area contributed by atoms with Crippen LogP contribution < -0.4 is 11.1 Å². The van der Waals surface area contributed by atoms with Gasteiger partial charge >= 0.3 is 0 Å². The summed E-state index contributed by atoms with van der Waals surface area (Å²) >= 11 is 0. The van der Waals surface area contributed by atoms with Gasteiger partial charge in [0.2, 0.25) is 0 Å². The van der Waals surface area contributed by atoms with Gasteiger partial charge in [0.1, 0.15) is 5.82 Å². The van der Waals surface area contributed by atoms with Crippen molar-refractivity contribution in [1.82, 2.24) is 9.97 Å². The fraction of sp³-hybridized carbons (Fsp3) is 0.636. The highest BCUT2D eigenvalue weighted by atomic mass is 15.0. The maximum absolute atomic E-state index is 5.47. The monoisotopic (exact) mass is 206 g/mol. The van der Waals surface area contributed by atoms with Gasteiger partial charge in [0, 0.05) is 25.4 Å². The number of anilines is 1. The quantitative estimate of drug-likeness (QED) is 0.762. The average molecular weight is 206 g/mol. The van der Waals surface area contributed by atoms with Gasteiger partial charge in [0.15, 0.2) is 0 Å². The molecule has 0 atom stereocenters. The van der Waals surface area contributed by atoms with Crippen molar-refractivity contribution < 1.29 is 0 Å². The van der Waals surface area contributed by atoms with Crippen molar-refractivity contribution in [2.24, 2.45) is 5.73 Å². The lowest BCUT2D eigenvalue weighted by atomic mass is 10.2. The van der Waals surface area contributed by atoms with E-state index in [1.165, 1.54) is 18.5 Å². The third-order valence-corrected chi connectivity index (χ3v) is 2.61.